The van der Waals surface area contributed by atoms with Crippen molar-refractivity contribution in [1.29, 1.82) is 0 Å². The number of methoxy groups -OCH3 is 1. The number of ether oxygens (including phenoxy) is 1. The molecule has 2 aromatic rings. The second-order valence-corrected chi connectivity index (χ2v) is 5.22. The Kier molecular flexibility index (Phi) is 5.11. The SMILES string of the molecule is COc1ccc(-c2cncc(N(C)CCN(C)C)n2)cc1. The first-order valence-electron chi connectivity index (χ1n) is 6.92. The largest absolute Gasteiger partial charge is 0.497 e. The molecule has 0 N–H and O–H groups in total. The van der Waals surface area contributed by atoms with Crippen LogP contribution in [-0.4, -0.2) is 56.2 Å². The van der Waals surface area contributed by atoms with Crippen LogP contribution in [0.1, 0.15) is 0 Å². The molecule has 0 radical (unpaired) electrons. The van der Waals surface area contributed by atoms with Crippen LogP contribution in [0.25, 0.3) is 11.3 Å². The van der Waals surface area contributed by atoms with E-state index in [2.05, 4.69) is 33.9 Å². The number of benzene rings is 1. The zero-order valence-corrected chi connectivity index (χ0v) is 13.1. The Morgan fingerprint density at radius 1 is 1.00 bits per heavy atom. The summed E-state index contributed by atoms with van der Waals surface area (Å²) in [5.74, 6) is 1.72. The number of hydrogen-bond donors (Lipinski definition) is 0. The van der Waals surface area contributed by atoms with E-state index in [9.17, 15) is 0 Å². The summed E-state index contributed by atoms with van der Waals surface area (Å²) in [6.07, 6.45) is 3.58. The number of hydrogen-bond acceptors (Lipinski definition) is 5. The van der Waals surface area contributed by atoms with Crippen LogP contribution in [0.5, 0.6) is 5.75 Å². The molecule has 21 heavy (non-hydrogen) atoms. The van der Waals surface area contributed by atoms with Crippen molar-refractivity contribution in [3.8, 4) is 17.0 Å². The number of aromatic nitrogens is 2. The molecule has 0 saturated heterocycles. The molecule has 5 heteroatoms. The van der Waals surface area contributed by atoms with Crippen molar-refractivity contribution in [2.75, 3.05) is 46.2 Å². The van der Waals surface area contributed by atoms with Crippen LogP contribution in [0.2, 0.25) is 0 Å². The molecule has 1 heterocycles. The third kappa shape index (κ3) is 4.16. The minimum atomic E-state index is 0.839. The fraction of sp³-hybridized carbons (Fsp3) is 0.375. The van der Waals surface area contributed by atoms with Gasteiger partial charge in [0.05, 0.1) is 25.2 Å². The minimum absolute atomic E-state index is 0.839. The highest BCUT2D eigenvalue weighted by Gasteiger charge is 2.06. The molecular formula is C16H22N4O. The average molecular weight is 286 g/mol. The molecule has 0 spiro atoms. The molecule has 2 rings (SSSR count). The molecule has 0 bridgehead atoms. The first-order chi connectivity index (χ1) is 10.1. The number of likely N-dealkylation sites (N-methyl/N-ethyl adjacent to an activating group) is 2. The Hall–Kier alpha value is -2.14. The summed E-state index contributed by atoms with van der Waals surface area (Å²) < 4.78 is 5.17. The van der Waals surface area contributed by atoms with Crippen molar-refractivity contribution >= 4 is 5.82 Å². The number of rotatable bonds is 6. The van der Waals surface area contributed by atoms with Crippen LogP contribution < -0.4 is 9.64 Å². The van der Waals surface area contributed by atoms with E-state index in [-0.39, 0.29) is 0 Å². The van der Waals surface area contributed by atoms with Crippen LogP contribution in [0, 0.1) is 0 Å². The van der Waals surface area contributed by atoms with Gasteiger partial charge < -0.3 is 14.5 Å². The molecule has 1 aromatic carbocycles. The predicted octanol–water partition coefficient (Wildman–Crippen LogP) is 2.15. The van der Waals surface area contributed by atoms with Crippen molar-refractivity contribution in [3.05, 3.63) is 36.7 Å². The number of nitrogens with zero attached hydrogens (tertiary/aromatic N) is 4. The van der Waals surface area contributed by atoms with Gasteiger partial charge in [-0.3, -0.25) is 4.98 Å². The van der Waals surface area contributed by atoms with Crippen LogP contribution >= 0.6 is 0 Å². The Labute approximate surface area is 126 Å². The molecule has 0 saturated carbocycles. The monoisotopic (exact) mass is 286 g/mol. The van der Waals surface area contributed by atoms with Crippen LogP contribution in [0.4, 0.5) is 5.82 Å². The van der Waals surface area contributed by atoms with Gasteiger partial charge in [-0.2, -0.15) is 0 Å². The smallest absolute Gasteiger partial charge is 0.147 e. The molecule has 0 unspecified atom stereocenters. The van der Waals surface area contributed by atoms with E-state index in [0.29, 0.717) is 0 Å². The maximum atomic E-state index is 5.17. The van der Waals surface area contributed by atoms with E-state index < -0.39 is 0 Å². The summed E-state index contributed by atoms with van der Waals surface area (Å²) in [6, 6.07) is 7.85. The van der Waals surface area contributed by atoms with Gasteiger partial charge in [-0.05, 0) is 38.4 Å². The molecule has 0 aliphatic rings. The fourth-order valence-electron chi connectivity index (χ4n) is 1.91. The minimum Gasteiger partial charge on any atom is -0.497 e. The first-order valence-corrected chi connectivity index (χ1v) is 6.92. The highest BCUT2D eigenvalue weighted by Crippen LogP contribution is 2.21. The maximum absolute atomic E-state index is 5.17. The van der Waals surface area contributed by atoms with Crippen LogP contribution in [-0.2, 0) is 0 Å². The first kappa shape index (κ1) is 15.3. The summed E-state index contributed by atoms with van der Waals surface area (Å²) in [7, 11) is 7.82. The molecule has 112 valence electrons. The highest BCUT2D eigenvalue weighted by molar-refractivity contribution is 5.61. The number of anilines is 1. The Balaban J connectivity index is 2.16. The lowest BCUT2D eigenvalue weighted by Gasteiger charge is -2.20. The van der Waals surface area contributed by atoms with Crippen molar-refractivity contribution in [2.24, 2.45) is 0 Å². The second-order valence-electron chi connectivity index (χ2n) is 5.22. The normalized spacial score (nSPS) is 10.7. The molecule has 0 aliphatic heterocycles. The fourth-order valence-corrected chi connectivity index (χ4v) is 1.91. The van der Waals surface area contributed by atoms with Gasteiger partial charge in [-0.15, -0.1) is 0 Å². The van der Waals surface area contributed by atoms with Gasteiger partial charge in [0.2, 0.25) is 0 Å². The zero-order valence-electron chi connectivity index (χ0n) is 13.1. The van der Waals surface area contributed by atoms with E-state index >= 15 is 0 Å². The predicted molar refractivity (Wildman–Crippen MR) is 85.8 cm³/mol. The Morgan fingerprint density at radius 3 is 2.33 bits per heavy atom. The average Bonchev–Trinajstić information content (AvgIpc) is 2.52. The van der Waals surface area contributed by atoms with E-state index in [0.717, 1.165) is 35.9 Å². The third-order valence-corrected chi connectivity index (χ3v) is 3.28. The summed E-state index contributed by atoms with van der Waals surface area (Å²) >= 11 is 0. The summed E-state index contributed by atoms with van der Waals surface area (Å²) in [5, 5.41) is 0. The van der Waals surface area contributed by atoms with E-state index in [1.807, 2.05) is 31.3 Å². The summed E-state index contributed by atoms with van der Waals surface area (Å²) in [5.41, 5.74) is 1.90. The molecule has 5 nitrogen and oxygen atoms in total. The van der Waals surface area contributed by atoms with Crippen molar-refractivity contribution in [1.82, 2.24) is 14.9 Å². The molecular weight excluding hydrogens is 264 g/mol. The van der Waals surface area contributed by atoms with Gasteiger partial charge in [0, 0.05) is 25.7 Å². The van der Waals surface area contributed by atoms with Gasteiger partial charge >= 0.3 is 0 Å². The lowest BCUT2D eigenvalue weighted by molar-refractivity contribution is 0.415. The third-order valence-electron chi connectivity index (χ3n) is 3.28. The van der Waals surface area contributed by atoms with E-state index in [4.69, 9.17) is 4.74 Å². The van der Waals surface area contributed by atoms with Crippen LogP contribution in [0.3, 0.4) is 0 Å². The van der Waals surface area contributed by atoms with Crippen LogP contribution in [0.15, 0.2) is 36.7 Å². The van der Waals surface area contributed by atoms with Gasteiger partial charge in [0.15, 0.2) is 0 Å². The Bertz CT molecular complexity index is 569. The summed E-state index contributed by atoms with van der Waals surface area (Å²) in [4.78, 5) is 13.2. The molecule has 0 amide bonds. The Morgan fingerprint density at radius 2 is 1.71 bits per heavy atom. The molecule has 1 aromatic heterocycles. The topological polar surface area (TPSA) is 41.5 Å². The van der Waals surface area contributed by atoms with Gasteiger partial charge in [0.1, 0.15) is 11.6 Å². The molecule has 0 atom stereocenters. The lowest BCUT2D eigenvalue weighted by Crippen LogP contribution is -2.29. The zero-order chi connectivity index (χ0) is 15.2. The van der Waals surface area contributed by atoms with Gasteiger partial charge in [-0.25, -0.2) is 4.98 Å². The lowest BCUT2D eigenvalue weighted by atomic mass is 10.1. The summed E-state index contributed by atoms with van der Waals surface area (Å²) in [6.45, 7) is 1.89. The standard InChI is InChI=1S/C16H22N4O/c1-19(2)9-10-20(3)16-12-17-11-15(18-16)13-5-7-14(21-4)8-6-13/h5-8,11-12H,9-10H2,1-4H3. The highest BCUT2D eigenvalue weighted by atomic mass is 16.5. The molecule has 0 aliphatic carbocycles. The van der Waals surface area contributed by atoms with E-state index in [1.165, 1.54) is 0 Å². The van der Waals surface area contributed by atoms with Crippen molar-refractivity contribution < 1.29 is 4.74 Å². The van der Waals surface area contributed by atoms with Gasteiger partial charge in [-0.1, -0.05) is 0 Å². The van der Waals surface area contributed by atoms with Gasteiger partial charge in [0.25, 0.3) is 0 Å². The maximum Gasteiger partial charge on any atom is 0.147 e. The van der Waals surface area contributed by atoms with Crippen molar-refractivity contribution in [3.63, 3.8) is 0 Å². The van der Waals surface area contributed by atoms with Crippen molar-refractivity contribution in [2.45, 2.75) is 0 Å². The second kappa shape index (κ2) is 7.04. The quantitative estimate of drug-likeness (QED) is 0.814. The van der Waals surface area contributed by atoms with E-state index in [1.54, 1.807) is 19.5 Å². The molecule has 0 fully saturated rings.